The van der Waals surface area contributed by atoms with Crippen molar-refractivity contribution in [1.82, 2.24) is 9.80 Å². The van der Waals surface area contributed by atoms with Gasteiger partial charge in [-0.25, -0.2) is 0 Å². The van der Waals surface area contributed by atoms with Gasteiger partial charge in [0, 0.05) is 18.5 Å². The van der Waals surface area contributed by atoms with Gasteiger partial charge in [0.05, 0.1) is 14.2 Å². The van der Waals surface area contributed by atoms with E-state index in [1.54, 1.807) is 19.1 Å². The summed E-state index contributed by atoms with van der Waals surface area (Å²) >= 11 is 5.58. The number of methoxy groups -OCH3 is 2. The lowest BCUT2D eigenvalue weighted by Crippen LogP contribution is -2.46. The van der Waals surface area contributed by atoms with Crippen LogP contribution in [0.4, 0.5) is 0 Å². The zero-order valence-electron chi connectivity index (χ0n) is 14.2. The zero-order valence-corrected chi connectivity index (χ0v) is 15.0. The molecule has 2 aliphatic rings. The number of rotatable bonds is 2. The number of carbonyl (C=O) groups is 1. The smallest absolute Gasteiger partial charge is 0.252 e. The first-order valence-electron chi connectivity index (χ1n) is 7.66. The topological polar surface area (TPSA) is 42.0 Å². The van der Waals surface area contributed by atoms with E-state index < -0.39 is 0 Å². The molecule has 23 heavy (non-hydrogen) atoms. The lowest BCUT2D eigenvalue weighted by Gasteiger charge is -2.33. The molecule has 1 amide bonds. The van der Waals surface area contributed by atoms with Crippen molar-refractivity contribution in [3.63, 3.8) is 0 Å². The number of amides is 1. The number of fused-ring (bicyclic) bond motifs is 2. The molecule has 1 aromatic carbocycles. The SMILES string of the molecule is COc1cc2c(cc1OC)CN1C(=S)N(C(C)(C)C)C(=O)[C@@H]1C2. The average molecular weight is 334 g/mol. The lowest BCUT2D eigenvalue weighted by molar-refractivity contribution is -0.131. The molecular formula is C17H22N2O3S. The monoisotopic (exact) mass is 334 g/mol. The number of hydrogen-bond donors (Lipinski definition) is 0. The van der Waals surface area contributed by atoms with Gasteiger partial charge in [0.25, 0.3) is 5.91 Å². The molecule has 6 heteroatoms. The molecule has 0 N–H and O–H groups in total. The van der Waals surface area contributed by atoms with E-state index in [1.807, 2.05) is 37.8 Å². The Morgan fingerprint density at radius 2 is 1.70 bits per heavy atom. The highest BCUT2D eigenvalue weighted by Crippen LogP contribution is 2.38. The van der Waals surface area contributed by atoms with E-state index in [0.29, 0.717) is 29.6 Å². The van der Waals surface area contributed by atoms with Gasteiger partial charge in [0.1, 0.15) is 6.04 Å². The first kappa shape index (κ1) is 16.1. The van der Waals surface area contributed by atoms with Gasteiger partial charge in [-0.1, -0.05) is 0 Å². The second-order valence-electron chi connectivity index (χ2n) is 6.95. The average Bonchev–Trinajstić information content (AvgIpc) is 2.74. The molecule has 5 nitrogen and oxygen atoms in total. The van der Waals surface area contributed by atoms with E-state index in [0.717, 1.165) is 11.1 Å². The largest absolute Gasteiger partial charge is 0.493 e. The van der Waals surface area contributed by atoms with Crippen LogP contribution < -0.4 is 9.47 Å². The molecule has 2 aliphatic heterocycles. The van der Waals surface area contributed by atoms with Crippen LogP contribution in [0.3, 0.4) is 0 Å². The maximum Gasteiger partial charge on any atom is 0.252 e. The molecule has 1 saturated heterocycles. The Kier molecular flexibility index (Phi) is 3.75. The molecule has 0 unspecified atom stereocenters. The van der Waals surface area contributed by atoms with Crippen LogP contribution in [0.15, 0.2) is 12.1 Å². The van der Waals surface area contributed by atoms with Gasteiger partial charge in [-0.15, -0.1) is 0 Å². The molecule has 3 rings (SSSR count). The Balaban J connectivity index is 2.00. The van der Waals surface area contributed by atoms with Crippen LogP contribution in [-0.2, 0) is 17.8 Å². The van der Waals surface area contributed by atoms with Crippen molar-refractivity contribution in [2.45, 2.75) is 45.3 Å². The standard InChI is InChI=1S/C17H22N2O3S/c1-17(2,3)19-15(20)12-6-10-7-13(21-4)14(22-5)8-11(10)9-18(12)16(19)23/h7-8,12H,6,9H2,1-5H3/t12-/m0/s1. The van der Waals surface area contributed by atoms with Crippen molar-refractivity contribution in [2.24, 2.45) is 0 Å². The maximum absolute atomic E-state index is 12.8. The zero-order chi connectivity index (χ0) is 16.9. The minimum absolute atomic E-state index is 0.0861. The third-order valence-electron chi connectivity index (χ3n) is 4.45. The fourth-order valence-electron chi connectivity index (χ4n) is 3.32. The van der Waals surface area contributed by atoms with Crippen molar-refractivity contribution in [2.75, 3.05) is 14.2 Å². The van der Waals surface area contributed by atoms with Crippen LogP contribution in [0.2, 0.25) is 0 Å². The van der Waals surface area contributed by atoms with Gasteiger partial charge in [-0.05, 0) is 56.2 Å². The predicted octanol–water partition coefficient (Wildman–Crippen LogP) is 2.36. The molecule has 0 radical (unpaired) electrons. The van der Waals surface area contributed by atoms with Gasteiger partial charge in [-0.3, -0.25) is 9.69 Å². The van der Waals surface area contributed by atoms with Crippen LogP contribution in [-0.4, -0.2) is 46.6 Å². The Hall–Kier alpha value is -1.82. The van der Waals surface area contributed by atoms with E-state index in [2.05, 4.69) is 0 Å². The van der Waals surface area contributed by atoms with Crippen molar-refractivity contribution >= 4 is 23.2 Å². The summed E-state index contributed by atoms with van der Waals surface area (Å²) in [5.41, 5.74) is 1.94. The number of hydrogen-bond acceptors (Lipinski definition) is 4. The lowest BCUT2D eigenvalue weighted by atomic mass is 9.93. The van der Waals surface area contributed by atoms with Crippen molar-refractivity contribution in [3.8, 4) is 11.5 Å². The number of thiocarbonyl (C=S) groups is 1. The Morgan fingerprint density at radius 1 is 1.13 bits per heavy atom. The first-order valence-corrected chi connectivity index (χ1v) is 8.07. The van der Waals surface area contributed by atoms with E-state index in [4.69, 9.17) is 21.7 Å². The predicted molar refractivity (Wildman–Crippen MR) is 91.8 cm³/mol. The molecule has 0 bridgehead atoms. The quantitative estimate of drug-likeness (QED) is 0.777. The van der Waals surface area contributed by atoms with Gasteiger partial charge in [-0.2, -0.15) is 0 Å². The fraction of sp³-hybridized carbons (Fsp3) is 0.529. The summed E-state index contributed by atoms with van der Waals surface area (Å²) in [5.74, 6) is 1.48. The molecule has 0 spiro atoms. The molecule has 1 atom stereocenters. The molecule has 2 heterocycles. The van der Waals surface area contributed by atoms with Crippen LogP contribution in [0, 0.1) is 0 Å². The molecule has 0 aromatic heterocycles. The van der Waals surface area contributed by atoms with E-state index >= 15 is 0 Å². The summed E-state index contributed by atoms with van der Waals surface area (Å²) in [6, 6.07) is 3.74. The highest BCUT2D eigenvalue weighted by molar-refractivity contribution is 7.80. The summed E-state index contributed by atoms with van der Waals surface area (Å²) in [4.78, 5) is 16.6. The molecular weight excluding hydrogens is 312 g/mol. The van der Waals surface area contributed by atoms with E-state index in [-0.39, 0.29) is 17.5 Å². The second-order valence-corrected chi connectivity index (χ2v) is 7.32. The van der Waals surface area contributed by atoms with Gasteiger partial charge >= 0.3 is 0 Å². The highest BCUT2D eigenvalue weighted by Gasteiger charge is 2.48. The molecule has 1 fully saturated rings. The summed E-state index contributed by atoms with van der Waals surface area (Å²) in [6.07, 6.45) is 0.640. The normalized spacial score (nSPS) is 20.5. The summed E-state index contributed by atoms with van der Waals surface area (Å²) in [6.45, 7) is 6.65. The fourth-order valence-corrected chi connectivity index (χ4v) is 3.88. The number of nitrogens with zero attached hydrogens (tertiary/aromatic N) is 2. The molecule has 0 aliphatic carbocycles. The van der Waals surface area contributed by atoms with E-state index in [9.17, 15) is 4.79 Å². The molecule has 1 aromatic rings. The number of carbonyl (C=O) groups excluding carboxylic acids is 1. The first-order chi connectivity index (χ1) is 10.8. The summed E-state index contributed by atoms with van der Waals surface area (Å²) in [5, 5.41) is 0.618. The molecule has 124 valence electrons. The summed E-state index contributed by atoms with van der Waals surface area (Å²) in [7, 11) is 3.25. The van der Waals surface area contributed by atoms with E-state index in [1.165, 1.54) is 0 Å². The van der Waals surface area contributed by atoms with Crippen LogP contribution in [0.5, 0.6) is 11.5 Å². The van der Waals surface area contributed by atoms with Crippen molar-refractivity contribution < 1.29 is 14.3 Å². The maximum atomic E-state index is 12.8. The van der Waals surface area contributed by atoms with Gasteiger partial charge < -0.3 is 14.4 Å². The van der Waals surface area contributed by atoms with Crippen LogP contribution in [0.25, 0.3) is 0 Å². The minimum atomic E-state index is -0.312. The highest BCUT2D eigenvalue weighted by atomic mass is 32.1. The Bertz CT molecular complexity index is 630. The van der Waals surface area contributed by atoms with Crippen LogP contribution in [0.1, 0.15) is 31.9 Å². The van der Waals surface area contributed by atoms with Gasteiger partial charge in [0.2, 0.25) is 0 Å². The minimum Gasteiger partial charge on any atom is -0.493 e. The van der Waals surface area contributed by atoms with Gasteiger partial charge in [0.15, 0.2) is 16.6 Å². The van der Waals surface area contributed by atoms with Crippen LogP contribution >= 0.6 is 12.2 Å². The second kappa shape index (κ2) is 5.37. The Morgan fingerprint density at radius 3 is 2.22 bits per heavy atom. The number of ether oxygens (including phenoxy) is 2. The Labute approximate surface area is 142 Å². The van der Waals surface area contributed by atoms with Crippen molar-refractivity contribution in [3.05, 3.63) is 23.3 Å². The summed E-state index contributed by atoms with van der Waals surface area (Å²) < 4.78 is 10.8. The third-order valence-corrected chi connectivity index (χ3v) is 4.87. The molecule has 0 saturated carbocycles. The number of benzene rings is 1. The third kappa shape index (κ3) is 2.45. The van der Waals surface area contributed by atoms with Crippen molar-refractivity contribution in [1.29, 1.82) is 0 Å².